The normalized spacial score (nSPS) is 10.4. The molecule has 0 heterocycles. The number of phenolic OH excluding ortho intramolecular Hbond substituents is 1. The molecule has 0 aliphatic heterocycles. The maximum Gasteiger partial charge on any atom is 0.165 e. The van der Waals surface area contributed by atoms with Crippen molar-refractivity contribution >= 4 is 5.57 Å². The molecule has 0 radical (unpaired) electrons. The van der Waals surface area contributed by atoms with Gasteiger partial charge in [-0.05, 0) is 42.7 Å². The van der Waals surface area contributed by atoms with Gasteiger partial charge in [0.2, 0.25) is 0 Å². The van der Waals surface area contributed by atoms with E-state index in [9.17, 15) is 4.39 Å². The Labute approximate surface area is 96.9 Å². The molecule has 0 fully saturated rings. The Bertz CT molecular complexity index is 392. The summed E-state index contributed by atoms with van der Waals surface area (Å²) < 4.78 is 13.0. The van der Waals surface area contributed by atoms with Crippen molar-refractivity contribution in [3.05, 3.63) is 47.8 Å². The molecule has 0 saturated heterocycles. The number of halogens is 1. The smallest absolute Gasteiger partial charge is 0.165 e. The van der Waals surface area contributed by atoms with Crippen LogP contribution in [0.15, 0.2) is 36.4 Å². The summed E-state index contributed by atoms with van der Waals surface area (Å²) in [6, 6.07) is 4.26. The van der Waals surface area contributed by atoms with Gasteiger partial charge in [0.25, 0.3) is 0 Å². The van der Waals surface area contributed by atoms with Gasteiger partial charge in [-0.25, -0.2) is 4.39 Å². The summed E-state index contributed by atoms with van der Waals surface area (Å²) in [5.74, 6) is -0.952. The first-order valence-electron chi connectivity index (χ1n) is 5.37. The van der Waals surface area contributed by atoms with E-state index in [4.69, 9.17) is 5.11 Å². The van der Waals surface area contributed by atoms with Gasteiger partial charge in [-0.3, -0.25) is 0 Å². The quantitative estimate of drug-likeness (QED) is 0.728. The first kappa shape index (κ1) is 14.4. The molecule has 0 unspecified atom stereocenters. The van der Waals surface area contributed by atoms with Gasteiger partial charge in [-0.1, -0.05) is 32.6 Å². The SMILES string of the molecule is C=C(/C(C)=C\C)c1ccc(O)c(F)c1.CC. The fourth-order valence-electron chi connectivity index (χ4n) is 1.10. The van der Waals surface area contributed by atoms with E-state index in [1.807, 2.05) is 33.8 Å². The summed E-state index contributed by atoms with van der Waals surface area (Å²) in [5.41, 5.74) is 2.46. The van der Waals surface area contributed by atoms with Crippen LogP contribution in [0.2, 0.25) is 0 Å². The molecule has 16 heavy (non-hydrogen) atoms. The zero-order valence-electron chi connectivity index (χ0n) is 10.3. The average Bonchev–Trinajstić information content (AvgIpc) is 2.33. The van der Waals surface area contributed by atoms with Crippen molar-refractivity contribution in [1.29, 1.82) is 0 Å². The Hall–Kier alpha value is -1.57. The van der Waals surface area contributed by atoms with Crippen LogP contribution < -0.4 is 0 Å². The fraction of sp³-hybridized carbons (Fsp3) is 0.286. The second-order valence-corrected chi connectivity index (χ2v) is 3.12. The number of phenols is 1. The lowest BCUT2D eigenvalue weighted by atomic mass is 10.0. The average molecular weight is 222 g/mol. The van der Waals surface area contributed by atoms with E-state index in [1.165, 1.54) is 12.1 Å². The lowest BCUT2D eigenvalue weighted by Gasteiger charge is -2.06. The summed E-state index contributed by atoms with van der Waals surface area (Å²) in [6.07, 6.45) is 1.91. The lowest BCUT2D eigenvalue weighted by Crippen LogP contribution is -1.86. The topological polar surface area (TPSA) is 20.2 Å². The minimum Gasteiger partial charge on any atom is -0.505 e. The van der Waals surface area contributed by atoms with E-state index in [1.54, 1.807) is 6.07 Å². The molecular weight excluding hydrogens is 203 g/mol. The largest absolute Gasteiger partial charge is 0.505 e. The third-order valence-electron chi connectivity index (χ3n) is 2.21. The molecule has 0 aliphatic rings. The van der Waals surface area contributed by atoms with E-state index >= 15 is 0 Å². The summed E-state index contributed by atoms with van der Waals surface area (Å²) >= 11 is 0. The molecule has 2 heteroatoms. The molecule has 0 aliphatic carbocycles. The molecule has 1 aromatic carbocycles. The number of allylic oxidation sites excluding steroid dienone is 3. The molecule has 0 amide bonds. The second kappa shape index (κ2) is 6.83. The maximum absolute atomic E-state index is 13.0. The van der Waals surface area contributed by atoms with E-state index in [0.717, 1.165) is 11.1 Å². The summed E-state index contributed by atoms with van der Waals surface area (Å²) in [6.45, 7) is 11.7. The Morgan fingerprint density at radius 1 is 1.38 bits per heavy atom. The van der Waals surface area contributed by atoms with Crippen molar-refractivity contribution in [3.63, 3.8) is 0 Å². The number of hydrogen-bond donors (Lipinski definition) is 1. The van der Waals surface area contributed by atoms with Crippen LogP contribution in [-0.2, 0) is 0 Å². The first-order valence-corrected chi connectivity index (χ1v) is 5.37. The Morgan fingerprint density at radius 3 is 2.38 bits per heavy atom. The predicted octanol–water partition coefficient (Wildman–Crippen LogP) is 4.54. The summed E-state index contributed by atoms with van der Waals surface area (Å²) in [7, 11) is 0. The Balaban J connectivity index is 0.00000106. The van der Waals surface area contributed by atoms with E-state index in [0.29, 0.717) is 5.56 Å². The monoisotopic (exact) mass is 222 g/mol. The molecule has 1 aromatic rings. The number of aromatic hydroxyl groups is 1. The summed E-state index contributed by atoms with van der Waals surface area (Å²) in [4.78, 5) is 0. The zero-order valence-corrected chi connectivity index (χ0v) is 10.3. The van der Waals surface area contributed by atoms with Crippen LogP contribution in [0.25, 0.3) is 5.57 Å². The van der Waals surface area contributed by atoms with Crippen molar-refractivity contribution < 1.29 is 9.50 Å². The predicted molar refractivity (Wildman–Crippen MR) is 67.9 cm³/mol. The van der Waals surface area contributed by atoms with Crippen LogP contribution in [0.5, 0.6) is 5.75 Å². The highest BCUT2D eigenvalue weighted by Gasteiger charge is 2.05. The second-order valence-electron chi connectivity index (χ2n) is 3.12. The van der Waals surface area contributed by atoms with Crippen LogP contribution in [0.1, 0.15) is 33.3 Å². The Kier molecular flexibility index (Phi) is 6.16. The van der Waals surface area contributed by atoms with Crippen molar-refractivity contribution in [1.82, 2.24) is 0 Å². The van der Waals surface area contributed by atoms with Gasteiger partial charge < -0.3 is 5.11 Å². The lowest BCUT2D eigenvalue weighted by molar-refractivity contribution is 0.432. The van der Waals surface area contributed by atoms with Crippen LogP contribution in [0.3, 0.4) is 0 Å². The van der Waals surface area contributed by atoms with Crippen LogP contribution in [0.4, 0.5) is 4.39 Å². The highest BCUT2D eigenvalue weighted by molar-refractivity contribution is 5.76. The molecule has 0 atom stereocenters. The van der Waals surface area contributed by atoms with Gasteiger partial charge in [0, 0.05) is 0 Å². The highest BCUT2D eigenvalue weighted by atomic mass is 19.1. The van der Waals surface area contributed by atoms with Gasteiger partial charge in [0.1, 0.15) is 0 Å². The van der Waals surface area contributed by atoms with E-state index in [2.05, 4.69) is 6.58 Å². The molecule has 0 saturated carbocycles. The van der Waals surface area contributed by atoms with Gasteiger partial charge in [-0.2, -0.15) is 0 Å². The third-order valence-corrected chi connectivity index (χ3v) is 2.21. The maximum atomic E-state index is 13.0. The molecule has 0 spiro atoms. The van der Waals surface area contributed by atoms with Crippen LogP contribution >= 0.6 is 0 Å². The molecule has 0 aromatic heterocycles. The molecule has 1 nitrogen and oxygen atoms in total. The molecule has 0 bridgehead atoms. The number of benzene rings is 1. The summed E-state index contributed by atoms with van der Waals surface area (Å²) in [5, 5.41) is 9.00. The Morgan fingerprint density at radius 2 is 1.94 bits per heavy atom. The minimum absolute atomic E-state index is 0.334. The molecular formula is C14H19FO. The zero-order chi connectivity index (χ0) is 12.7. The van der Waals surface area contributed by atoms with Crippen molar-refractivity contribution in [3.8, 4) is 5.75 Å². The van der Waals surface area contributed by atoms with E-state index < -0.39 is 5.82 Å². The molecule has 1 rings (SSSR count). The molecule has 1 N–H and O–H groups in total. The van der Waals surface area contributed by atoms with Crippen molar-refractivity contribution in [2.24, 2.45) is 0 Å². The number of hydrogen-bond acceptors (Lipinski definition) is 1. The minimum atomic E-state index is -0.618. The van der Waals surface area contributed by atoms with Gasteiger partial charge in [0.05, 0.1) is 0 Å². The van der Waals surface area contributed by atoms with Crippen LogP contribution in [0, 0.1) is 5.82 Å². The van der Waals surface area contributed by atoms with Gasteiger partial charge in [0.15, 0.2) is 11.6 Å². The third kappa shape index (κ3) is 3.54. The standard InChI is InChI=1S/C12H13FO.C2H6/c1-4-8(2)9(3)10-5-6-12(14)11(13)7-10;1-2/h4-7,14H,3H2,1-2H3;1-2H3/b8-4-;. The fourth-order valence-corrected chi connectivity index (χ4v) is 1.10. The van der Waals surface area contributed by atoms with Crippen molar-refractivity contribution in [2.45, 2.75) is 27.7 Å². The molecule has 88 valence electrons. The highest BCUT2D eigenvalue weighted by Crippen LogP contribution is 2.24. The van der Waals surface area contributed by atoms with Gasteiger partial charge >= 0.3 is 0 Å². The van der Waals surface area contributed by atoms with Gasteiger partial charge in [-0.15, -0.1) is 0 Å². The van der Waals surface area contributed by atoms with Crippen LogP contribution in [-0.4, -0.2) is 5.11 Å². The first-order chi connectivity index (χ1) is 7.56. The van der Waals surface area contributed by atoms with Crippen molar-refractivity contribution in [2.75, 3.05) is 0 Å². The number of rotatable bonds is 2. The van der Waals surface area contributed by atoms with E-state index in [-0.39, 0.29) is 5.75 Å².